The average Bonchev–Trinajstić information content (AvgIpc) is 0.956. The van der Waals surface area contributed by atoms with Crippen LogP contribution in [-0.2, 0) is 76.3 Å². The Morgan fingerprint density at radius 3 is 1.00 bits per heavy atom. The predicted octanol–water partition coefficient (Wildman–Crippen LogP) is -5.17. The van der Waals surface area contributed by atoms with Gasteiger partial charge in [-0.15, -0.1) is 0 Å². The van der Waals surface area contributed by atoms with Gasteiger partial charge in [-0.2, -0.15) is 0 Å². The SMILES string of the molecule is COCCCNC(=O)CCCC(=O)NC(CCC(=O)NCCCNC(=O)CCO[C@@H]1OC(CO)[C@H](O)[C@H](O)C1C)(CCC(=O)NCCCNC(=O)CCO[C@@H]1OC(CO)[C@H](O)[C@H](O)C1C)COCCCC(=O)NCCCNC(=O)CCO[C@@H]1OC(CO)[C@H](O)[C@H](O)C1C. The van der Waals surface area contributed by atoms with Crippen molar-refractivity contribution in [2.75, 3.05) is 112 Å². The molecule has 33 heteroatoms. The molecule has 0 aliphatic carbocycles. The first kappa shape index (κ1) is 82.3. The molecule has 3 heterocycles. The minimum atomic E-state index is -1.33. The van der Waals surface area contributed by atoms with Crippen molar-refractivity contribution >= 4 is 47.3 Å². The Kier molecular flexibility index (Phi) is 41.0. The monoisotopic (exact) mass is 1340 g/mol. The fourth-order valence-corrected chi connectivity index (χ4v) is 10.2. The number of nitrogens with one attached hydrogen (secondary N) is 8. The second kappa shape index (κ2) is 46.3. The summed E-state index contributed by atoms with van der Waals surface area (Å²) < 4.78 is 44.6. The zero-order chi connectivity index (χ0) is 68.7. The van der Waals surface area contributed by atoms with Crippen LogP contribution in [-0.4, -0.2) is 285 Å². The Hall–Kier alpha value is -4.92. The molecular formula is C60H108N8O25. The molecule has 0 aromatic rings. The van der Waals surface area contributed by atoms with E-state index in [0.717, 1.165) is 0 Å². The van der Waals surface area contributed by atoms with E-state index in [1.807, 2.05) is 0 Å². The molecule has 6 unspecified atom stereocenters. The normalized spacial score (nSPS) is 26.8. The van der Waals surface area contributed by atoms with E-state index in [2.05, 4.69) is 42.5 Å². The zero-order valence-electron chi connectivity index (χ0n) is 54.3. The number of carbonyl (C=O) groups excluding carboxylic acids is 8. The number of ether oxygens (including phenoxy) is 8. The highest BCUT2D eigenvalue weighted by Crippen LogP contribution is 2.30. The average molecular weight is 1340 g/mol. The van der Waals surface area contributed by atoms with E-state index in [1.165, 1.54) is 0 Å². The van der Waals surface area contributed by atoms with Crippen LogP contribution in [0.1, 0.15) is 124 Å². The highest BCUT2D eigenvalue weighted by atomic mass is 16.7. The van der Waals surface area contributed by atoms with Crippen LogP contribution in [0.15, 0.2) is 0 Å². The summed E-state index contributed by atoms with van der Waals surface area (Å²) in [6, 6.07) is 0. The van der Waals surface area contributed by atoms with Gasteiger partial charge in [0.15, 0.2) is 18.9 Å². The number of methoxy groups -OCH3 is 1. The van der Waals surface area contributed by atoms with Gasteiger partial charge in [0.25, 0.3) is 0 Å². The third-order valence-electron chi connectivity index (χ3n) is 16.2. The quantitative estimate of drug-likeness (QED) is 0.0253. The number of amides is 8. The van der Waals surface area contributed by atoms with Crippen LogP contribution in [0.25, 0.3) is 0 Å². The molecule has 17 N–H and O–H groups in total. The lowest BCUT2D eigenvalue weighted by molar-refractivity contribution is -0.282. The van der Waals surface area contributed by atoms with Gasteiger partial charge in [0.1, 0.15) is 36.6 Å². The topological polar surface area (TPSA) is 489 Å². The van der Waals surface area contributed by atoms with Crippen molar-refractivity contribution in [2.24, 2.45) is 17.8 Å². The van der Waals surface area contributed by atoms with E-state index >= 15 is 0 Å². The van der Waals surface area contributed by atoms with Gasteiger partial charge >= 0.3 is 0 Å². The van der Waals surface area contributed by atoms with Crippen LogP contribution in [0, 0.1) is 17.8 Å². The lowest BCUT2D eigenvalue weighted by atomic mass is 9.87. The van der Waals surface area contributed by atoms with Crippen LogP contribution in [0.5, 0.6) is 0 Å². The molecule has 3 saturated heterocycles. The van der Waals surface area contributed by atoms with E-state index in [9.17, 15) is 84.3 Å². The van der Waals surface area contributed by atoms with Crippen molar-refractivity contribution in [3.8, 4) is 0 Å². The van der Waals surface area contributed by atoms with E-state index in [-0.39, 0.29) is 179 Å². The maximum Gasteiger partial charge on any atom is 0.222 e. The second-order valence-electron chi connectivity index (χ2n) is 23.8. The van der Waals surface area contributed by atoms with E-state index in [4.69, 9.17) is 37.9 Å². The molecule has 0 saturated carbocycles. The lowest BCUT2D eigenvalue weighted by Crippen LogP contribution is -2.55. The van der Waals surface area contributed by atoms with Gasteiger partial charge in [-0.25, -0.2) is 0 Å². The highest BCUT2D eigenvalue weighted by Gasteiger charge is 2.45. The first-order chi connectivity index (χ1) is 44.5. The standard InChI is InChI=1S/C60H108N8O25/c1-37-51(80)54(83)40(33-69)91-57(37)88-30-16-47(76)64-24-7-21-61-44(73)13-6-29-87-36-60(68-50(79)12-5-11-43(72)67-27-10-28-86-4,19-14-45(74)62-22-8-25-65-48(77)17-31-89-58-38(2)52(81)55(84)41(34-70)92-58)20-15-46(75)63-23-9-26-66-49(78)18-32-90-59-39(3)53(82)56(85)42(35-71)93-59/h37-42,51-59,69-71,80-85H,5-36H2,1-4H3,(H,61,73)(H,62,74)(H,63,75)(H,64,76)(H,65,77)(H,66,78)(H,67,72)(H,68,79)/t37?,38?,39?,40?,41?,42?,51-,52-,53-,54+,55+,56+,57-,58-,59-,60?/m1/s1. The fraction of sp³-hybridized carbons (Fsp3) is 0.867. The number of hydrogen-bond acceptors (Lipinski definition) is 25. The van der Waals surface area contributed by atoms with Gasteiger partial charge in [-0.05, 0) is 51.4 Å². The van der Waals surface area contributed by atoms with Gasteiger partial charge in [-0.3, -0.25) is 38.4 Å². The number of hydrogen-bond donors (Lipinski definition) is 17. The first-order valence-corrected chi connectivity index (χ1v) is 32.5. The largest absolute Gasteiger partial charge is 0.394 e. The van der Waals surface area contributed by atoms with Crippen molar-refractivity contribution in [1.82, 2.24) is 42.5 Å². The Morgan fingerprint density at radius 1 is 0.366 bits per heavy atom. The van der Waals surface area contributed by atoms with Gasteiger partial charge in [0.2, 0.25) is 47.3 Å². The van der Waals surface area contributed by atoms with Crippen LogP contribution in [0.3, 0.4) is 0 Å². The van der Waals surface area contributed by atoms with E-state index < -0.39 is 135 Å². The number of aliphatic hydroxyl groups is 9. The third kappa shape index (κ3) is 31.7. The Morgan fingerprint density at radius 2 is 0.667 bits per heavy atom. The van der Waals surface area contributed by atoms with Gasteiger partial charge in [0, 0.05) is 116 Å². The molecule has 3 fully saturated rings. The maximum absolute atomic E-state index is 13.8. The summed E-state index contributed by atoms with van der Waals surface area (Å²) in [5.74, 6) is -4.79. The minimum absolute atomic E-state index is 0.0165. The molecule has 0 bridgehead atoms. The molecule has 33 nitrogen and oxygen atoms in total. The van der Waals surface area contributed by atoms with Gasteiger partial charge in [-0.1, -0.05) is 20.8 Å². The summed E-state index contributed by atoms with van der Waals surface area (Å²) in [6.07, 6.45) is -11.9. The molecule has 93 heavy (non-hydrogen) atoms. The summed E-state index contributed by atoms with van der Waals surface area (Å²) in [7, 11) is 1.55. The first-order valence-electron chi connectivity index (χ1n) is 32.5. The molecule has 0 aromatic carbocycles. The van der Waals surface area contributed by atoms with E-state index in [1.54, 1.807) is 27.9 Å². The minimum Gasteiger partial charge on any atom is -0.394 e. The molecule has 8 amide bonds. The predicted molar refractivity (Wildman–Crippen MR) is 327 cm³/mol. The fourth-order valence-electron chi connectivity index (χ4n) is 10.2. The number of aliphatic hydroxyl groups excluding tert-OH is 9. The summed E-state index contributed by atoms with van der Waals surface area (Å²) in [5, 5.41) is 112. The molecule has 3 aliphatic heterocycles. The molecular weight excluding hydrogens is 1230 g/mol. The summed E-state index contributed by atoms with van der Waals surface area (Å²) >= 11 is 0. The molecule has 0 spiro atoms. The molecule has 3 rings (SSSR count). The zero-order valence-corrected chi connectivity index (χ0v) is 54.3. The second-order valence-corrected chi connectivity index (χ2v) is 23.8. The molecule has 538 valence electrons. The number of rotatable bonds is 48. The van der Waals surface area contributed by atoms with Crippen molar-refractivity contribution in [3.63, 3.8) is 0 Å². The van der Waals surface area contributed by atoms with Crippen molar-refractivity contribution in [3.05, 3.63) is 0 Å². The van der Waals surface area contributed by atoms with Crippen molar-refractivity contribution < 1.29 is 122 Å². The van der Waals surface area contributed by atoms with Crippen LogP contribution in [0.2, 0.25) is 0 Å². The van der Waals surface area contributed by atoms with E-state index in [0.29, 0.717) is 38.8 Å². The van der Waals surface area contributed by atoms with Crippen molar-refractivity contribution in [1.29, 1.82) is 0 Å². The molecule has 3 aliphatic rings. The van der Waals surface area contributed by atoms with Crippen LogP contribution in [0.4, 0.5) is 0 Å². The Bertz CT molecular complexity index is 2110. The van der Waals surface area contributed by atoms with Gasteiger partial charge in [0.05, 0.1) is 89.4 Å². The molecule has 0 radical (unpaired) electrons. The lowest BCUT2D eigenvalue weighted by Gasteiger charge is -2.40. The maximum atomic E-state index is 13.8. The highest BCUT2D eigenvalue weighted by molar-refractivity contribution is 5.81. The van der Waals surface area contributed by atoms with Gasteiger partial charge < -0.3 is 126 Å². The Labute approximate surface area is 543 Å². The summed E-state index contributed by atoms with van der Waals surface area (Å²) in [5.41, 5.74) is -1.33. The van der Waals surface area contributed by atoms with Crippen LogP contribution >= 0.6 is 0 Å². The van der Waals surface area contributed by atoms with Crippen LogP contribution < -0.4 is 42.5 Å². The molecule has 0 aromatic heterocycles. The Balaban J connectivity index is 1.57. The molecule has 15 atom stereocenters. The third-order valence-corrected chi connectivity index (χ3v) is 16.2. The smallest absolute Gasteiger partial charge is 0.222 e. The number of carbonyl (C=O) groups is 8. The summed E-state index contributed by atoms with van der Waals surface area (Å²) in [4.78, 5) is 104. The summed E-state index contributed by atoms with van der Waals surface area (Å²) in [6.45, 7) is 4.85. The van der Waals surface area contributed by atoms with Crippen molar-refractivity contribution in [2.45, 2.75) is 203 Å².